The Kier molecular flexibility index (Phi) is 3.60. The standard InChI is InChI=1S/C12H22N2/c1-2-7-14-8-5-11(6-9-14)10-13-12-3-4-12/h2,11-13H,1,3-10H2. The number of piperidine rings is 1. The van der Waals surface area contributed by atoms with E-state index in [0.29, 0.717) is 0 Å². The fourth-order valence-electron chi connectivity index (χ4n) is 2.18. The van der Waals surface area contributed by atoms with E-state index in [2.05, 4.69) is 16.8 Å². The van der Waals surface area contributed by atoms with E-state index in [1.807, 2.05) is 6.08 Å². The minimum atomic E-state index is 0.876. The first kappa shape index (κ1) is 10.2. The van der Waals surface area contributed by atoms with E-state index in [4.69, 9.17) is 0 Å². The number of hydrogen-bond acceptors (Lipinski definition) is 2. The average molecular weight is 194 g/mol. The molecule has 1 saturated heterocycles. The summed E-state index contributed by atoms with van der Waals surface area (Å²) in [5, 5.41) is 3.63. The summed E-state index contributed by atoms with van der Waals surface area (Å²) < 4.78 is 0. The Hall–Kier alpha value is -0.340. The third-order valence-corrected chi connectivity index (χ3v) is 3.37. The second kappa shape index (κ2) is 4.94. The second-order valence-electron chi connectivity index (χ2n) is 4.72. The van der Waals surface area contributed by atoms with E-state index in [-0.39, 0.29) is 0 Å². The molecule has 0 aromatic heterocycles. The van der Waals surface area contributed by atoms with Crippen molar-refractivity contribution in [2.24, 2.45) is 5.92 Å². The van der Waals surface area contributed by atoms with Crippen LogP contribution in [0.1, 0.15) is 25.7 Å². The van der Waals surface area contributed by atoms with Gasteiger partial charge in [0.15, 0.2) is 0 Å². The molecule has 1 heterocycles. The van der Waals surface area contributed by atoms with E-state index in [1.54, 1.807) is 0 Å². The molecule has 14 heavy (non-hydrogen) atoms. The molecule has 2 fully saturated rings. The van der Waals surface area contributed by atoms with Gasteiger partial charge in [0.1, 0.15) is 0 Å². The van der Waals surface area contributed by atoms with Crippen LogP contribution in [0.2, 0.25) is 0 Å². The van der Waals surface area contributed by atoms with Gasteiger partial charge in [0.2, 0.25) is 0 Å². The van der Waals surface area contributed by atoms with Gasteiger partial charge >= 0.3 is 0 Å². The van der Waals surface area contributed by atoms with Gasteiger partial charge in [-0.15, -0.1) is 6.58 Å². The van der Waals surface area contributed by atoms with Crippen molar-refractivity contribution in [2.45, 2.75) is 31.7 Å². The van der Waals surface area contributed by atoms with Crippen LogP contribution in [0.4, 0.5) is 0 Å². The molecule has 1 N–H and O–H groups in total. The summed E-state index contributed by atoms with van der Waals surface area (Å²) in [7, 11) is 0. The minimum Gasteiger partial charge on any atom is -0.314 e. The molecule has 0 spiro atoms. The summed E-state index contributed by atoms with van der Waals surface area (Å²) in [5.74, 6) is 0.927. The fraction of sp³-hybridized carbons (Fsp3) is 0.833. The Morgan fingerprint density at radius 3 is 2.50 bits per heavy atom. The highest BCUT2D eigenvalue weighted by atomic mass is 15.1. The molecule has 2 nitrogen and oxygen atoms in total. The maximum absolute atomic E-state index is 3.79. The molecular formula is C12H22N2. The monoisotopic (exact) mass is 194 g/mol. The van der Waals surface area contributed by atoms with Crippen LogP contribution in [0.15, 0.2) is 12.7 Å². The molecule has 80 valence electrons. The van der Waals surface area contributed by atoms with Crippen LogP contribution >= 0.6 is 0 Å². The van der Waals surface area contributed by atoms with E-state index >= 15 is 0 Å². The van der Waals surface area contributed by atoms with Gasteiger partial charge in [-0.3, -0.25) is 4.90 Å². The summed E-state index contributed by atoms with van der Waals surface area (Å²) >= 11 is 0. The molecule has 2 heteroatoms. The Morgan fingerprint density at radius 1 is 1.21 bits per heavy atom. The summed E-state index contributed by atoms with van der Waals surface area (Å²) in [6.45, 7) is 8.65. The molecule has 1 aliphatic heterocycles. The van der Waals surface area contributed by atoms with Crippen molar-refractivity contribution < 1.29 is 0 Å². The van der Waals surface area contributed by atoms with Gasteiger partial charge in [0.25, 0.3) is 0 Å². The predicted octanol–water partition coefficient (Wildman–Crippen LogP) is 1.64. The summed E-state index contributed by atoms with van der Waals surface area (Å²) in [6.07, 6.45) is 7.58. The fourth-order valence-corrected chi connectivity index (χ4v) is 2.18. The largest absolute Gasteiger partial charge is 0.314 e. The normalized spacial score (nSPS) is 25.1. The maximum Gasteiger partial charge on any atom is 0.0160 e. The Labute approximate surface area is 87.4 Å². The zero-order valence-electron chi connectivity index (χ0n) is 9.04. The molecule has 0 aromatic rings. The van der Waals surface area contributed by atoms with Gasteiger partial charge < -0.3 is 5.32 Å². The lowest BCUT2D eigenvalue weighted by Crippen LogP contribution is -2.37. The van der Waals surface area contributed by atoms with E-state index in [9.17, 15) is 0 Å². The molecule has 1 saturated carbocycles. The third kappa shape index (κ3) is 3.10. The van der Waals surface area contributed by atoms with Crippen LogP contribution in [-0.4, -0.2) is 37.1 Å². The lowest BCUT2D eigenvalue weighted by atomic mass is 9.97. The van der Waals surface area contributed by atoms with E-state index in [1.165, 1.54) is 45.3 Å². The Bertz CT molecular complexity index is 179. The van der Waals surface area contributed by atoms with Crippen LogP contribution < -0.4 is 5.32 Å². The maximum atomic E-state index is 3.79. The molecule has 2 aliphatic rings. The van der Waals surface area contributed by atoms with Crippen LogP contribution in [0.3, 0.4) is 0 Å². The van der Waals surface area contributed by atoms with Crippen molar-refractivity contribution in [1.29, 1.82) is 0 Å². The molecule has 0 atom stereocenters. The van der Waals surface area contributed by atoms with Crippen molar-refractivity contribution in [1.82, 2.24) is 10.2 Å². The molecule has 0 amide bonds. The van der Waals surface area contributed by atoms with Gasteiger partial charge in [0, 0.05) is 12.6 Å². The Balaban J connectivity index is 1.59. The number of nitrogens with one attached hydrogen (secondary N) is 1. The first-order valence-electron chi connectivity index (χ1n) is 5.95. The van der Waals surface area contributed by atoms with Crippen LogP contribution in [0.25, 0.3) is 0 Å². The minimum absolute atomic E-state index is 0.876. The van der Waals surface area contributed by atoms with Gasteiger partial charge in [-0.05, 0) is 51.2 Å². The molecule has 1 aliphatic carbocycles. The zero-order chi connectivity index (χ0) is 9.80. The smallest absolute Gasteiger partial charge is 0.0160 e. The number of nitrogens with zero attached hydrogens (tertiary/aromatic N) is 1. The van der Waals surface area contributed by atoms with Crippen LogP contribution in [0.5, 0.6) is 0 Å². The Morgan fingerprint density at radius 2 is 1.93 bits per heavy atom. The molecule has 2 rings (SSSR count). The SMILES string of the molecule is C=CCN1CCC(CNC2CC2)CC1. The number of rotatable bonds is 5. The average Bonchev–Trinajstić information content (AvgIpc) is 3.01. The van der Waals surface area contributed by atoms with Crippen molar-refractivity contribution in [3.8, 4) is 0 Å². The molecule has 0 bridgehead atoms. The lowest BCUT2D eigenvalue weighted by Gasteiger charge is -2.31. The van der Waals surface area contributed by atoms with Gasteiger partial charge in [-0.2, -0.15) is 0 Å². The zero-order valence-corrected chi connectivity index (χ0v) is 9.04. The molecule has 0 radical (unpaired) electrons. The first-order valence-corrected chi connectivity index (χ1v) is 5.95. The highest BCUT2D eigenvalue weighted by Crippen LogP contribution is 2.21. The van der Waals surface area contributed by atoms with E-state index < -0.39 is 0 Å². The quantitative estimate of drug-likeness (QED) is 0.669. The van der Waals surface area contributed by atoms with Gasteiger partial charge in [-0.25, -0.2) is 0 Å². The molecular weight excluding hydrogens is 172 g/mol. The van der Waals surface area contributed by atoms with Gasteiger partial charge in [0.05, 0.1) is 0 Å². The number of hydrogen-bond donors (Lipinski definition) is 1. The molecule has 0 unspecified atom stereocenters. The van der Waals surface area contributed by atoms with E-state index in [0.717, 1.165) is 18.5 Å². The van der Waals surface area contributed by atoms with Gasteiger partial charge in [-0.1, -0.05) is 6.08 Å². The lowest BCUT2D eigenvalue weighted by molar-refractivity contribution is 0.198. The van der Waals surface area contributed by atoms with Crippen molar-refractivity contribution >= 4 is 0 Å². The van der Waals surface area contributed by atoms with Crippen LogP contribution in [0, 0.1) is 5.92 Å². The second-order valence-corrected chi connectivity index (χ2v) is 4.72. The van der Waals surface area contributed by atoms with Crippen molar-refractivity contribution in [3.63, 3.8) is 0 Å². The third-order valence-electron chi connectivity index (χ3n) is 3.37. The predicted molar refractivity (Wildman–Crippen MR) is 60.4 cm³/mol. The highest BCUT2D eigenvalue weighted by Gasteiger charge is 2.23. The highest BCUT2D eigenvalue weighted by molar-refractivity contribution is 4.84. The first-order chi connectivity index (χ1) is 6.88. The number of likely N-dealkylation sites (tertiary alicyclic amines) is 1. The topological polar surface area (TPSA) is 15.3 Å². The van der Waals surface area contributed by atoms with Crippen molar-refractivity contribution in [3.05, 3.63) is 12.7 Å². The van der Waals surface area contributed by atoms with Crippen molar-refractivity contribution in [2.75, 3.05) is 26.2 Å². The van der Waals surface area contributed by atoms with Crippen LogP contribution in [-0.2, 0) is 0 Å². The summed E-state index contributed by atoms with van der Waals surface area (Å²) in [6, 6.07) is 0.876. The summed E-state index contributed by atoms with van der Waals surface area (Å²) in [5.41, 5.74) is 0. The molecule has 0 aromatic carbocycles. The summed E-state index contributed by atoms with van der Waals surface area (Å²) in [4.78, 5) is 2.50.